The third-order valence-electron chi connectivity index (χ3n) is 6.64. The number of benzene rings is 3. The lowest BCUT2D eigenvalue weighted by Crippen LogP contribution is -2.23. The highest BCUT2D eigenvalue weighted by molar-refractivity contribution is 6.07. The van der Waals surface area contributed by atoms with Gasteiger partial charge in [0, 0.05) is 17.5 Å². The Labute approximate surface area is 216 Å². The molecule has 1 N–H and O–H groups in total. The van der Waals surface area contributed by atoms with Crippen LogP contribution in [0.25, 0.3) is 27.8 Å². The number of hydrogen-bond acceptors (Lipinski definition) is 4. The van der Waals surface area contributed by atoms with Crippen LogP contribution >= 0.6 is 0 Å². The summed E-state index contributed by atoms with van der Waals surface area (Å²) in [5, 5.41) is 8.51. The normalized spacial score (nSPS) is 11.2. The van der Waals surface area contributed by atoms with E-state index in [2.05, 4.69) is 48.5 Å². The summed E-state index contributed by atoms with van der Waals surface area (Å²) in [7, 11) is 1.63. The zero-order chi connectivity index (χ0) is 25.9. The summed E-state index contributed by atoms with van der Waals surface area (Å²) in [6, 6.07) is 25.7. The molecule has 6 nitrogen and oxygen atoms in total. The third-order valence-corrected chi connectivity index (χ3v) is 6.64. The van der Waals surface area contributed by atoms with Crippen molar-refractivity contribution in [2.45, 2.75) is 33.2 Å². The SMILES string of the molecule is COc1cccc(CNC(=O)c2cc(-c3cnn(-c4ccc(C(C)C)cc4)c3C)nc3ccccc23)c1. The van der Waals surface area contributed by atoms with Crippen LogP contribution in [0.2, 0.25) is 0 Å². The number of methoxy groups -OCH3 is 1. The minimum absolute atomic E-state index is 0.156. The summed E-state index contributed by atoms with van der Waals surface area (Å²) in [4.78, 5) is 18.3. The number of carbonyl (C=O) groups excluding carboxylic acids is 1. The Bertz CT molecular complexity index is 1570. The molecule has 0 radical (unpaired) electrons. The first-order chi connectivity index (χ1) is 17.9. The van der Waals surface area contributed by atoms with E-state index in [-0.39, 0.29) is 5.91 Å². The Morgan fingerprint density at radius 1 is 1.00 bits per heavy atom. The summed E-state index contributed by atoms with van der Waals surface area (Å²) in [5.41, 5.74) is 7.15. The van der Waals surface area contributed by atoms with Gasteiger partial charge >= 0.3 is 0 Å². The van der Waals surface area contributed by atoms with Gasteiger partial charge in [0.1, 0.15) is 5.75 Å². The lowest BCUT2D eigenvalue weighted by Gasteiger charge is -2.12. The van der Waals surface area contributed by atoms with Crippen molar-refractivity contribution >= 4 is 16.8 Å². The molecule has 2 aromatic heterocycles. The quantitative estimate of drug-likeness (QED) is 0.284. The lowest BCUT2D eigenvalue weighted by molar-refractivity contribution is 0.0952. The molecular weight excluding hydrogens is 460 g/mol. The van der Waals surface area contributed by atoms with Gasteiger partial charge in [-0.05, 0) is 60.4 Å². The number of rotatable bonds is 7. The first-order valence-corrected chi connectivity index (χ1v) is 12.4. The molecule has 0 spiro atoms. The lowest BCUT2D eigenvalue weighted by atomic mass is 10.0. The molecule has 6 heteroatoms. The number of nitrogens with one attached hydrogen (secondary N) is 1. The van der Waals surface area contributed by atoms with Crippen LogP contribution in [0.1, 0.15) is 46.9 Å². The number of hydrogen-bond donors (Lipinski definition) is 1. The smallest absolute Gasteiger partial charge is 0.252 e. The van der Waals surface area contributed by atoms with Crippen LogP contribution in [0.5, 0.6) is 5.75 Å². The summed E-state index contributed by atoms with van der Waals surface area (Å²) >= 11 is 0. The van der Waals surface area contributed by atoms with Gasteiger partial charge in [0.05, 0.1) is 41.5 Å². The highest BCUT2D eigenvalue weighted by Gasteiger charge is 2.17. The molecule has 0 aliphatic rings. The minimum atomic E-state index is -0.156. The molecule has 0 unspecified atom stereocenters. The molecule has 0 bridgehead atoms. The number of fused-ring (bicyclic) bond motifs is 1. The van der Waals surface area contributed by atoms with Gasteiger partial charge in [-0.3, -0.25) is 4.79 Å². The fourth-order valence-corrected chi connectivity index (χ4v) is 4.48. The van der Waals surface area contributed by atoms with Crippen molar-refractivity contribution in [3.8, 4) is 22.7 Å². The van der Waals surface area contributed by atoms with Crippen LogP contribution in [0.4, 0.5) is 0 Å². The second kappa shape index (κ2) is 10.3. The van der Waals surface area contributed by atoms with Crippen molar-refractivity contribution in [2.75, 3.05) is 7.11 Å². The zero-order valence-electron chi connectivity index (χ0n) is 21.5. The number of amides is 1. The van der Waals surface area contributed by atoms with Gasteiger partial charge in [-0.25, -0.2) is 9.67 Å². The number of ether oxygens (including phenoxy) is 1. The van der Waals surface area contributed by atoms with Crippen molar-refractivity contribution in [1.29, 1.82) is 0 Å². The summed E-state index contributed by atoms with van der Waals surface area (Å²) in [6.07, 6.45) is 1.82. The maximum absolute atomic E-state index is 13.4. The summed E-state index contributed by atoms with van der Waals surface area (Å²) in [6.45, 7) is 6.79. The Hall–Kier alpha value is -4.45. The highest BCUT2D eigenvalue weighted by atomic mass is 16.5. The molecular formula is C31H30N4O2. The Balaban J connectivity index is 1.48. The molecule has 37 heavy (non-hydrogen) atoms. The van der Waals surface area contributed by atoms with E-state index in [1.807, 2.05) is 72.4 Å². The Morgan fingerprint density at radius 2 is 1.78 bits per heavy atom. The van der Waals surface area contributed by atoms with E-state index in [1.165, 1.54) is 5.56 Å². The number of nitrogens with zero attached hydrogens (tertiary/aromatic N) is 3. The summed E-state index contributed by atoms with van der Waals surface area (Å²) < 4.78 is 7.22. The van der Waals surface area contributed by atoms with Crippen molar-refractivity contribution in [1.82, 2.24) is 20.1 Å². The molecule has 5 aromatic rings. The van der Waals surface area contributed by atoms with E-state index in [4.69, 9.17) is 9.72 Å². The fraction of sp³-hybridized carbons (Fsp3) is 0.194. The van der Waals surface area contributed by atoms with Crippen molar-refractivity contribution < 1.29 is 9.53 Å². The third kappa shape index (κ3) is 4.96. The van der Waals surface area contributed by atoms with Gasteiger partial charge < -0.3 is 10.1 Å². The van der Waals surface area contributed by atoms with Crippen LogP contribution in [0.3, 0.4) is 0 Å². The molecule has 5 rings (SSSR count). The van der Waals surface area contributed by atoms with E-state index < -0.39 is 0 Å². The second-order valence-corrected chi connectivity index (χ2v) is 9.41. The van der Waals surface area contributed by atoms with Crippen molar-refractivity contribution in [3.05, 3.63) is 107 Å². The van der Waals surface area contributed by atoms with Gasteiger partial charge in [-0.2, -0.15) is 5.10 Å². The average molecular weight is 491 g/mol. The fourth-order valence-electron chi connectivity index (χ4n) is 4.48. The molecule has 1 amide bonds. The number of pyridine rings is 1. The van der Waals surface area contributed by atoms with Crippen molar-refractivity contribution in [2.24, 2.45) is 0 Å². The molecule has 0 aliphatic heterocycles. The molecule has 3 aromatic carbocycles. The van der Waals surface area contributed by atoms with Crippen LogP contribution in [-0.2, 0) is 6.54 Å². The highest BCUT2D eigenvalue weighted by Crippen LogP contribution is 2.29. The van der Waals surface area contributed by atoms with Gasteiger partial charge in [0.25, 0.3) is 5.91 Å². The maximum atomic E-state index is 13.4. The molecule has 0 aliphatic carbocycles. The number of para-hydroxylation sites is 1. The van der Waals surface area contributed by atoms with E-state index in [9.17, 15) is 4.79 Å². The number of carbonyl (C=O) groups is 1. The average Bonchev–Trinajstić information content (AvgIpc) is 3.32. The molecule has 2 heterocycles. The van der Waals surface area contributed by atoms with Gasteiger partial charge in [-0.1, -0.05) is 56.3 Å². The van der Waals surface area contributed by atoms with E-state index in [0.29, 0.717) is 23.7 Å². The predicted octanol–water partition coefficient (Wildman–Crippen LogP) is 6.46. The molecule has 0 saturated carbocycles. The topological polar surface area (TPSA) is 69.0 Å². The standard InChI is InChI=1S/C31H30N4O2/c1-20(2)23-12-14-24(15-13-23)35-21(3)28(19-33-35)30-17-27(26-10-5-6-11-29(26)34-30)31(36)32-18-22-8-7-9-25(16-22)37-4/h5-17,19-20H,18H2,1-4H3,(H,32,36). The Morgan fingerprint density at radius 3 is 2.54 bits per heavy atom. The van der Waals surface area contributed by atoms with Crippen molar-refractivity contribution in [3.63, 3.8) is 0 Å². The Kier molecular flexibility index (Phi) is 6.73. The van der Waals surface area contributed by atoms with E-state index >= 15 is 0 Å². The molecule has 0 fully saturated rings. The summed E-state index contributed by atoms with van der Waals surface area (Å²) in [5.74, 6) is 1.07. The van der Waals surface area contributed by atoms with E-state index in [0.717, 1.165) is 39.2 Å². The molecule has 0 saturated heterocycles. The van der Waals surface area contributed by atoms with Gasteiger partial charge in [-0.15, -0.1) is 0 Å². The maximum Gasteiger partial charge on any atom is 0.252 e. The first-order valence-electron chi connectivity index (χ1n) is 12.4. The van der Waals surface area contributed by atoms with Gasteiger partial charge in [0.15, 0.2) is 0 Å². The van der Waals surface area contributed by atoms with E-state index in [1.54, 1.807) is 7.11 Å². The first kappa shape index (κ1) is 24.3. The zero-order valence-corrected chi connectivity index (χ0v) is 21.5. The minimum Gasteiger partial charge on any atom is -0.497 e. The number of aromatic nitrogens is 3. The predicted molar refractivity (Wildman–Crippen MR) is 147 cm³/mol. The molecule has 186 valence electrons. The van der Waals surface area contributed by atoms with Crippen LogP contribution < -0.4 is 10.1 Å². The second-order valence-electron chi connectivity index (χ2n) is 9.41. The largest absolute Gasteiger partial charge is 0.497 e. The van der Waals surface area contributed by atoms with Crippen LogP contribution in [0, 0.1) is 6.92 Å². The van der Waals surface area contributed by atoms with Crippen LogP contribution in [-0.4, -0.2) is 27.8 Å². The van der Waals surface area contributed by atoms with Gasteiger partial charge in [0.2, 0.25) is 0 Å². The van der Waals surface area contributed by atoms with Crippen LogP contribution in [0.15, 0.2) is 85.1 Å². The molecule has 0 atom stereocenters. The monoisotopic (exact) mass is 490 g/mol.